The molecule has 2 saturated carbocycles. The van der Waals surface area contributed by atoms with Crippen molar-refractivity contribution in [2.45, 2.75) is 137 Å². The van der Waals surface area contributed by atoms with Crippen LogP contribution >= 0.6 is 0 Å². The Hall–Kier alpha value is -2.06. The Labute approximate surface area is 269 Å². The minimum Gasteiger partial charge on any atom is -0.379 e. The Morgan fingerprint density at radius 1 is 0.727 bits per heavy atom. The van der Waals surface area contributed by atoms with Crippen LogP contribution in [0.15, 0.2) is 24.3 Å². The molecule has 0 saturated heterocycles. The van der Waals surface area contributed by atoms with Crippen LogP contribution in [-0.2, 0) is 9.47 Å². The summed E-state index contributed by atoms with van der Waals surface area (Å²) in [6.45, 7) is 28.9. The van der Waals surface area contributed by atoms with Gasteiger partial charge < -0.3 is 30.7 Å². The van der Waals surface area contributed by atoms with E-state index in [2.05, 4.69) is 82.9 Å². The number of nitrogens with one attached hydrogen (secondary N) is 4. The molecule has 0 aliphatic heterocycles. The molecule has 2 aliphatic rings. The minimum absolute atomic E-state index is 0.0338. The fourth-order valence-corrected chi connectivity index (χ4v) is 6.85. The maximum atomic E-state index is 12.8. The van der Waals surface area contributed by atoms with Crippen molar-refractivity contribution in [3.8, 4) is 0 Å². The van der Waals surface area contributed by atoms with E-state index < -0.39 is 0 Å². The first-order valence-corrected chi connectivity index (χ1v) is 17.1. The molecule has 2 aliphatic carbocycles. The first-order valence-electron chi connectivity index (χ1n) is 17.1. The number of allylic oxidation sites excluding steroid dienone is 2. The topological polar surface area (TPSA) is 101 Å². The van der Waals surface area contributed by atoms with E-state index in [1.807, 2.05) is 13.8 Å². The highest BCUT2D eigenvalue weighted by molar-refractivity contribution is 5.75. The molecule has 0 aromatic rings. The van der Waals surface area contributed by atoms with Crippen molar-refractivity contribution < 1.29 is 19.1 Å². The second-order valence-corrected chi connectivity index (χ2v) is 15.3. The molecule has 8 heteroatoms. The second-order valence-electron chi connectivity index (χ2n) is 15.3. The zero-order chi connectivity index (χ0) is 33.1. The average molecular weight is 619 g/mol. The Balaban J connectivity index is 1.60. The lowest BCUT2D eigenvalue weighted by Gasteiger charge is -2.41. The smallest absolute Gasteiger partial charge is 0.315 e. The highest BCUT2D eigenvalue weighted by Gasteiger charge is 2.36. The molecule has 44 heavy (non-hydrogen) atoms. The summed E-state index contributed by atoms with van der Waals surface area (Å²) in [7, 11) is 0. The molecule has 8 nitrogen and oxygen atoms in total. The normalized spacial score (nSPS) is 24.8. The van der Waals surface area contributed by atoms with Gasteiger partial charge in [-0.3, -0.25) is 0 Å². The molecule has 0 aromatic carbocycles. The van der Waals surface area contributed by atoms with Crippen LogP contribution in [0.1, 0.15) is 114 Å². The number of ether oxygens (including phenoxy) is 2. The summed E-state index contributed by atoms with van der Waals surface area (Å²) in [6, 6.07) is -0.434. The summed E-state index contributed by atoms with van der Waals surface area (Å²) in [5.74, 6) is 2.12. The van der Waals surface area contributed by atoms with E-state index in [0.717, 1.165) is 25.7 Å². The van der Waals surface area contributed by atoms with Gasteiger partial charge in [0.2, 0.25) is 0 Å². The molecule has 254 valence electrons. The summed E-state index contributed by atoms with van der Waals surface area (Å²) in [4.78, 5) is 25.6. The molecule has 4 amide bonds. The summed E-state index contributed by atoms with van der Waals surface area (Å²) in [6.07, 6.45) is 9.20. The van der Waals surface area contributed by atoms with E-state index in [1.165, 1.54) is 36.8 Å². The van der Waals surface area contributed by atoms with E-state index in [-0.39, 0.29) is 41.1 Å². The van der Waals surface area contributed by atoms with Crippen LogP contribution in [0.5, 0.6) is 0 Å². The van der Waals surface area contributed by atoms with Gasteiger partial charge in [-0.1, -0.05) is 44.1 Å². The van der Waals surface area contributed by atoms with Gasteiger partial charge in [-0.05, 0) is 124 Å². The molecule has 0 heterocycles. The zero-order valence-electron chi connectivity index (χ0n) is 29.6. The van der Waals surface area contributed by atoms with Crippen molar-refractivity contribution in [2.24, 2.45) is 29.6 Å². The van der Waals surface area contributed by atoms with E-state index in [9.17, 15) is 9.59 Å². The molecule has 2 rings (SSSR count). The summed E-state index contributed by atoms with van der Waals surface area (Å²) >= 11 is 0. The largest absolute Gasteiger partial charge is 0.379 e. The van der Waals surface area contributed by atoms with Crippen molar-refractivity contribution >= 4 is 12.1 Å². The van der Waals surface area contributed by atoms with Crippen molar-refractivity contribution in [1.29, 1.82) is 0 Å². The SMILES string of the molecule is C=C(C)C1CCCC(C(C)(C)NC(=O)NC(C)COCCOCC(C)C(C)NC(=O)NC(C)(C)C2CCCC(C(=C)C)C2)C1. The van der Waals surface area contributed by atoms with Crippen LogP contribution in [-0.4, -0.2) is 61.7 Å². The standard InChI is InChI=1S/C36H66N4O4/c1-24(2)29-14-12-16-31(20-29)35(8,9)39-33(41)37-27(6)23-44-19-18-43-22-26(5)28(7)38-34(42)40-36(10,11)32-17-13-15-30(21-32)25(3)4/h26-32H,1,3,12-23H2,2,4-11H3,(H2,37,39,41)(H2,38,40,42). The molecule has 4 N–H and O–H groups in total. The van der Waals surface area contributed by atoms with Gasteiger partial charge in [0.05, 0.1) is 32.5 Å². The van der Waals surface area contributed by atoms with Crippen molar-refractivity contribution in [2.75, 3.05) is 26.4 Å². The quantitative estimate of drug-likeness (QED) is 0.107. The highest BCUT2D eigenvalue weighted by atomic mass is 16.5. The fourth-order valence-electron chi connectivity index (χ4n) is 6.85. The third-order valence-electron chi connectivity index (χ3n) is 10.4. The van der Waals surface area contributed by atoms with Crippen molar-refractivity contribution in [1.82, 2.24) is 21.3 Å². The maximum Gasteiger partial charge on any atom is 0.315 e. The van der Waals surface area contributed by atoms with Gasteiger partial charge in [0, 0.05) is 17.1 Å². The van der Waals surface area contributed by atoms with Gasteiger partial charge >= 0.3 is 12.1 Å². The third-order valence-corrected chi connectivity index (χ3v) is 10.4. The molecule has 0 aromatic heterocycles. The third kappa shape index (κ3) is 12.7. The lowest BCUT2D eigenvalue weighted by atomic mass is 9.71. The van der Waals surface area contributed by atoms with Crippen molar-refractivity contribution in [3.63, 3.8) is 0 Å². The monoisotopic (exact) mass is 619 g/mol. The molecule has 7 atom stereocenters. The molecular weight excluding hydrogens is 552 g/mol. The first-order chi connectivity index (χ1) is 20.5. The molecular formula is C36H66N4O4. The molecule has 7 unspecified atom stereocenters. The number of urea groups is 2. The molecule has 0 bridgehead atoms. The van der Waals surface area contributed by atoms with Gasteiger partial charge in [-0.25, -0.2) is 9.59 Å². The van der Waals surface area contributed by atoms with Crippen molar-refractivity contribution in [3.05, 3.63) is 24.3 Å². The number of carbonyl (C=O) groups is 2. The van der Waals surface area contributed by atoms with Crippen LogP contribution in [0.3, 0.4) is 0 Å². The van der Waals surface area contributed by atoms with Gasteiger partial charge in [-0.15, -0.1) is 0 Å². The number of hydrogen-bond acceptors (Lipinski definition) is 4. The predicted molar refractivity (Wildman–Crippen MR) is 182 cm³/mol. The highest BCUT2D eigenvalue weighted by Crippen LogP contribution is 2.39. The lowest BCUT2D eigenvalue weighted by Crippen LogP contribution is -2.55. The van der Waals surface area contributed by atoms with Crippen LogP contribution in [0, 0.1) is 29.6 Å². The van der Waals surface area contributed by atoms with E-state index in [0.29, 0.717) is 50.1 Å². The Morgan fingerprint density at radius 2 is 1.16 bits per heavy atom. The maximum absolute atomic E-state index is 12.8. The van der Waals surface area contributed by atoms with E-state index in [1.54, 1.807) is 0 Å². The first kappa shape index (κ1) is 38.1. The van der Waals surface area contributed by atoms with E-state index in [4.69, 9.17) is 9.47 Å². The van der Waals surface area contributed by atoms with Crippen LogP contribution in [0.2, 0.25) is 0 Å². The molecule has 0 spiro atoms. The van der Waals surface area contributed by atoms with Gasteiger partial charge in [0.25, 0.3) is 0 Å². The number of amides is 4. The van der Waals surface area contributed by atoms with Crippen LogP contribution in [0.25, 0.3) is 0 Å². The average Bonchev–Trinajstić information content (AvgIpc) is 2.94. The van der Waals surface area contributed by atoms with Crippen LogP contribution < -0.4 is 21.3 Å². The summed E-state index contributed by atoms with van der Waals surface area (Å²) in [5.41, 5.74) is 1.94. The number of hydrogen-bond donors (Lipinski definition) is 4. The zero-order valence-corrected chi connectivity index (χ0v) is 29.6. The summed E-state index contributed by atoms with van der Waals surface area (Å²) < 4.78 is 11.6. The minimum atomic E-state index is -0.282. The van der Waals surface area contributed by atoms with Gasteiger partial charge in [-0.2, -0.15) is 0 Å². The Morgan fingerprint density at radius 3 is 1.61 bits per heavy atom. The number of carbonyl (C=O) groups excluding carboxylic acids is 2. The Kier molecular flexibility index (Phi) is 15.2. The lowest BCUT2D eigenvalue weighted by molar-refractivity contribution is 0.0270. The molecule has 2 fully saturated rings. The second kappa shape index (κ2) is 17.6. The van der Waals surface area contributed by atoms with E-state index >= 15 is 0 Å². The fraction of sp³-hybridized carbons (Fsp3) is 0.833. The Bertz CT molecular complexity index is 948. The van der Waals surface area contributed by atoms with Gasteiger partial charge in [0.15, 0.2) is 0 Å². The number of rotatable bonds is 16. The van der Waals surface area contributed by atoms with Gasteiger partial charge in [0.1, 0.15) is 0 Å². The summed E-state index contributed by atoms with van der Waals surface area (Å²) in [5, 5.41) is 12.6. The predicted octanol–water partition coefficient (Wildman–Crippen LogP) is 7.35. The van der Waals surface area contributed by atoms with Crippen LogP contribution in [0.4, 0.5) is 9.59 Å². The molecule has 0 radical (unpaired) electrons.